The van der Waals surface area contributed by atoms with Gasteiger partial charge in [0.2, 0.25) is 5.91 Å². The molecule has 0 aliphatic heterocycles. The summed E-state index contributed by atoms with van der Waals surface area (Å²) in [6, 6.07) is 5.09. The fourth-order valence-corrected chi connectivity index (χ4v) is 2.07. The summed E-state index contributed by atoms with van der Waals surface area (Å²) in [5.74, 6) is -0.178. The molecule has 0 heterocycles. The van der Waals surface area contributed by atoms with Crippen molar-refractivity contribution in [1.82, 2.24) is 15.5 Å². The average molecular weight is 332 g/mol. The van der Waals surface area contributed by atoms with Gasteiger partial charge in [-0.3, -0.25) is 9.59 Å². The number of carbonyl (C=O) groups is 3. The summed E-state index contributed by atoms with van der Waals surface area (Å²) in [4.78, 5) is 36.9. The number of amides is 4. The normalized spacial score (nSPS) is 13.1. The zero-order chi connectivity index (χ0) is 17.7. The van der Waals surface area contributed by atoms with E-state index in [4.69, 9.17) is 0 Å². The van der Waals surface area contributed by atoms with Crippen molar-refractivity contribution >= 4 is 23.5 Å². The third kappa shape index (κ3) is 5.26. The van der Waals surface area contributed by atoms with Gasteiger partial charge >= 0.3 is 6.03 Å². The van der Waals surface area contributed by atoms with Crippen LogP contribution in [0.2, 0.25) is 0 Å². The number of benzene rings is 1. The van der Waals surface area contributed by atoms with Crippen molar-refractivity contribution in [1.29, 1.82) is 0 Å². The van der Waals surface area contributed by atoms with Crippen LogP contribution >= 0.6 is 0 Å². The minimum atomic E-state index is -0.399. The van der Waals surface area contributed by atoms with E-state index in [0.717, 1.165) is 18.4 Å². The van der Waals surface area contributed by atoms with E-state index in [1.165, 1.54) is 4.90 Å². The summed E-state index contributed by atoms with van der Waals surface area (Å²) >= 11 is 0. The molecule has 4 amide bonds. The Morgan fingerprint density at radius 2 is 1.92 bits per heavy atom. The van der Waals surface area contributed by atoms with Crippen molar-refractivity contribution < 1.29 is 14.4 Å². The molecule has 1 aromatic rings. The highest BCUT2D eigenvalue weighted by molar-refractivity contribution is 5.97. The standard InChI is InChI=1S/C17H24N4O3/c1-11-4-5-12(16(23)19-13-6-7-13)10-14(11)20-17(24)18-9-8-15(22)21(2)3/h4-5,10,13H,6-9H2,1-3H3,(H,19,23)(H2,18,20,24). The zero-order valence-electron chi connectivity index (χ0n) is 14.3. The number of nitrogens with one attached hydrogen (secondary N) is 3. The fraction of sp³-hybridized carbons (Fsp3) is 0.471. The zero-order valence-corrected chi connectivity index (χ0v) is 14.3. The molecule has 1 saturated carbocycles. The second-order valence-electron chi connectivity index (χ2n) is 6.20. The van der Waals surface area contributed by atoms with Crippen molar-refractivity contribution in [2.24, 2.45) is 0 Å². The van der Waals surface area contributed by atoms with Crippen LogP contribution in [0.15, 0.2) is 18.2 Å². The topological polar surface area (TPSA) is 90.5 Å². The molecule has 0 bridgehead atoms. The van der Waals surface area contributed by atoms with Crippen molar-refractivity contribution in [2.45, 2.75) is 32.2 Å². The van der Waals surface area contributed by atoms with E-state index >= 15 is 0 Å². The lowest BCUT2D eigenvalue weighted by Crippen LogP contribution is -2.33. The van der Waals surface area contributed by atoms with E-state index < -0.39 is 6.03 Å². The maximum atomic E-state index is 12.1. The molecule has 7 nitrogen and oxygen atoms in total. The molecule has 1 aliphatic carbocycles. The predicted octanol–water partition coefficient (Wildman–Crippen LogP) is 1.49. The SMILES string of the molecule is Cc1ccc(C(=O)NC2CC2)cc1NC(=O)NCCC(=O)N(C)C. The van der Waals surface area contributed by atoms with Crippen LogP contribution in [0.1, 0.15) is 35.2 Å². The van der Waals surface area contributed by atoms with Gasteiger partial charge in [0.1, 0.15) is 0 Å². The lowest BCUT2D eigenvalue weighted by atomic mass is 10.1. The van der Waals surface area contributed by atoms with Crippen LogP contribution in [-0.4, -0.2) is 49.4 Å². The Morgan fingerprint density at radius 1 is 1.21 bits per heavy atom. The number of rotatable bonds is 6. The minimum Gasteiger partial charge on any atom is -0.349 e. The van der Waals surface area contributed by atoms with E-state index in [1.807, 2.05) is 6.92 Å². The summed E-state index contributed by atoms with van der Waals surface area (Å²) in [6.45, 7) is 2.11. The van der Waals surface area contributed by atoms with E-state index in [0.29, 0.717) is 11.3 Å². The first-order valence-corrected chi connectivity index (χ1v) is 8.03. The number of carbonyl (C=O) groups excluding carboxylic acids is 3. The first-order valence-electron chi connectivity index (χ1n) is 8.03. The molecule has 0 unspecified atom stereocenters. The van der Waals surface area contributed by atoms with Crippen LogP contribution in [0.4, 0.5) is 10.5 Å². The molecule has 2 rings (SSSR count). The molecular formula is C17H24N4O3. The van der Waals surface area contributed by atoms with Gasteiger partial charge in [-0.2, -0.15) is 0 Å². The van der Waals surface area contributed by atoms with Crippen molar-refractivity contribution in [3.63, 3.8) is 0 Å². The number of nitrogens with zero attached hydrogens (tertiary/aromatic N) is 1. The molecule has 0 spiro atoms. The van der Waals surface area contributed by atoms with Gasteiger partial charge in [0.25, 0.3) is 5.91 Å². The average Bonchev–Trinajstić information content (AvgIpc) is 3.33. The summed E-state index contributed by atoms with van der Waals surface area (Å²) in [5.41, 5.74) is 1.96. The summed E-state index contributed by atoms with van der Waals surface area (Å²) < 4.78 is 0. The molecule has 0 radical (unpaired) electrons. The van der Waals surface area contributed by atoms with E-state index in [1.54, 1.807) is 32.3 Å². The van der Waals surface area contributed by atoms with Crippen LogP contribution < -0.4 is 16.0 Å². The molecule has 1 aromatic carbocycles. The second kappa shape index (κ2) is 7.81. The Balaban J connectivity index is 1.89. The highest BCUT2D eigenvalue weighted by Gasteiger charge is 2.24. The monoisotopic (exact) mass is 332 g/mol. The predicted molar refractivity (Wildman–Crippen MR) is 92.0 cm³/mol. The Hall–Kier alpha value is -2.57. The van der Waals surface area contributed by atoms with Gasteiger partial charge in [0.15, 0.2) is 0 Å². The number of aryl methyl sites for hydroxylation is 1. The van der Waals surface area contributed by atoms with Crippen LogP contribution in [0.3, 0.4) is 0 Å². The third-order valence-corrected chi connectivity index (χ3v) is 3.78. The van der Waals surface area contributed by atoms with E-state index in [2.05, 4.69) is 16.0 Å². The number of anilines is 1. The van der Waals surface area contributed by atoms with Gasteiger partial charge in [-0.25, -0.2) is 4.79 Å². The van der Waals surface area contributed by atoms with Crippen molar-refractivity contribution in [3.05, 3.63) is 29.3 Å². The molecular weight excluding hydrogens is 308 g/mol. The number of urea groups is 1. The van der Waals surface area contributed by atoms with Crippen LogP contribution in [0.25, 0.3) is 0 Å². The Morgan fingerprint density at radius 3 is 2.54 bits per heavy atom. The molecule has 130 valence electrons. The van der Waals surface area contributed by atoms with Crippen LogP contribution in [0.5, 0.6) is 0 Å². The number of hydrogen-bond acceptors (Lipinski definition) is 3. The van der Waals surface area contributed by atoms with E-state index in [9.17, 15) is 14.4 Å². The van der Waals surface area contributed by atoms with Gasteiger partial charge in [-0.05, 0) is 37.5 Å². The summed E-state index contributed by atoms with van der Waals surface area (Å²) in [7, 11) is 3.34. The summed E-state index contributed by atoms with van der Waals surface area (Å²) in [6.07, 6.45) is 2.29. The molecule has 3 N–H and O–H groups in total. The largest absolute Gasteiger partial charge is 0.349 e. The maximum absolute atomic E-state index is 12.1. The highest BCUT2D eigenvalue weighted by Crippen LogP contribution is 2.21. The van der Waals surface area contributed by atoms with Gasteiger partial charge in [-0.1, -0.05) is 6.07 Å². The van der Waals surface area contributed by atoms with Gasteiger partial charge in [0, 0.05) is 44.4 Å². The maximum Gasteiger partial charge on any atom is 0.319 e. The second-order valence-corrected chi connectivity index (χ2v) is 6.20. The molecule has 0 saturated heterocycles. The first-order chi connectivity index (χ1) is 11.4. The Labute approximate surface area is 141 Å². The lowest BCUT2D eigenvalue weighted by molar-refractivity contribution is -0.128. The smallest absolute Gasteiger partial charge is 0.319 e. The summed E-state index contributed by atoms with van der Waals surface area (Å²) in [5, 5.41) is 8.28. The molecule has 0 atom stereocenters. The first kappa shape index (κ1) is 17.8. The van der Waals surface area contributed by atoms with Crippen LogP contribution in [-0.2, 0) is 4.79 Å². The molecule has 7 heteroatoms. The third-order valence-electron chi connectivity index (χ3n) is 3.78. The van der Waals surface area contributed by atoms with Gasteiger partial charge in [-0.15, -0.1) is 0 Å². The van der Waals surface area contributed by atoms with Gasteiger partial charge < -0.3 is 20.9 Å². The molecule has 1 aliphatic rings. The minimum absolute atomic E-state index is 0.0507. The molecule has 0 aromatic heterocycles. The lowest BCUT2D eigenvalue weighted by Gasteiger charge is -2.13. The van der Waals surface area contributed by atoms with Gasteiger partial charge in [0.05, 0.1) is 0 Å². The molecule has 1 fully saturated rings. The molecule has 24 heavy (non-hydrogen) atoms. The number of hydrogen-bond donors (Lipinski definition) is 3. The van der Waals surface area contributed by atoms with Crippen LogP contribution in [0, 0.1) is 6.92 Å². The fourth-order valence-electron chi connectivity index (χ4n) is 2.07. The quantitative estimate of drug-likeness (QED) is 0.737. The Bertz CT molecular complexity index is 639. The van der Waals surface area contributed by atoms with Crippen molar-refractivity contribution in [3.8, 4) is 0 Å². The Kier molecular flexibility index (Phi) is 5.78. The highest BCUT2D eigenvalue weighted by atomic mass is 16.2. The van der Waals surface area contributed by atoms with E-state index in [-0.39, 0.29) is 30.8 Å². The van der Waals surface area contributed by atoms with Crippen molar-refractivity contribution in [2.75, 3.05) is 26.0 Å².